The van der Waals surface area contributed by atoms with E-state index in [1.807, 2.05) is 97.1 Å². The summed E-state index contributed by atoms with van der Waals surface area (Å²) in [6.45, 7) is 4.76. The maximum atomic E-state index is 13.8. The first-order valence-corrected chi connectivity index (χ1v) is 13.7. The van der Waals surface area contributed by atoms with Gasteiger partial charge in [-0.1, -0.05) is 109 Å². The number of halogens is 1. The molecule has 4 rings (SSSR count). The molecule has 196 valence electrons. The van der Waals surface area contributed by atoms with Crippen LogP contribution in [0.5, 0.6) is 5.75 Å². The number of hydrogen-bond donors (Lipinski definition) is 1. The summed E-state index contributed by atoms with van der Waals surface area (Å²) in [5.74, 6) is 0.519. The SMILES string of the molecule is CC(C)CNC(=O)C(Cc1ccccc1)N(Cc1ccc(Br)cc1)C(=O)COc1cccc2ccccc12. The zero-order chi connectivity index (χ0) is 26.9. The highest BCUT2D eigenvalue weighted by atomic mass is 79.9. The van der Waals surface area contributed by atoms with Crippen molar-refractivity contribution in [2.24, 2.45) is 5.92 Å². The van der Waals surface area contributed by atoms with Crippen LogP contribution in [0.15, 0.2) is 102 Å². The summed E-state index contributed by atoms with van der Waals surface area (Å²) in [7, 11) is 0. The van der Waals surface area contributed by atoms with Gasteiger partial charge in [0, 0.05) is 29.4 Å². The van der Waals surface area contributed by atoms with Crippen molar-refractivity contribution in [1.29, 1.82) is 0 Å². The quantitative estimate of drug-likeness (QED) is 0.226. The van der Waals surface area contributed by atoms with Crippen LogP contribution in [0.25, 0.3) is 10.8 Å². The van der Waals surface area contributed by atoms with E-state index >= 15 is 0 Å². The number of nitrogens with zero attached hydrogens (tertiary/aromatic N) is 1. The summed E-state index contributed by atoms with van der Waals surface area (Å²) in [5, 5.41) is 5.03. The molecular weight excluding hydrogens is 540 g/mol. The molecule has 0 heterocycles. The summed E-state index contributed by atoms with van der Waals surface area (Å²) in [6.07, 6.45) is 0.404. The number of ether oxygens (including phenoxy) is 1. The molecule has 0 fully saturated rings. The molecule has 5 nitrogen and oxygen atoms in total. The van der Waals surface area contributed by atoms with Gasteiger partial charge in [-0.15, -0.1) is 0 Å². The van der Waals surface area contributed by atoms with Crippen LogP contribution in [-0.2, 0) is 22.6 Å². The fourth-order valence-corrected chi connectivity index (χ4v) is 4.57. The fourth-order valence-electron chi connectivity index (χ4n) is 4.31. The lowest BCUT2D eigenvalue weighted by molar-refractivity contribution is -0.142. The van der Waals surface area contributed by atoms with Crippen molar-refractivity contribution in [2.75, 3.05) is 13.2 Å². The average Bonchev–Trinajstić information content (AvgIpc) is 2.93. The van der Waals surface area contributed by atoms with Crippen molar-refractivity contribution in [3.05, 3.63) is 113 Å². The van der Waals surface area contributed by atoms with Crippen LogP contribution in [-0.4, -0.2) is 35.9 Å². The Morgan fingerprint density at radius 2 is 1.53 bits per heavy atom. The third-order valence-electron chi connectivity index (χ3n) is 6.32. The molecule has 0 aliphatic carbocycles. The topological polar surface area (TPSA) is 58.6 Å². The molecule has 0 spiro atoms. The van der Waals surface area contributed by atoms with Crippen molar-refractivity contribution >= 4 is 38.5 Å². The first-order chi connectivity index (χ1) is 18.4. The van der Waals surface area contributed by atoms with E-state index in [0.717, 1.165) is 26.4 Å². The van der Waals surface area contributed by atoms with E-state index in [1.54, 1.807) is 4.90 Å². The number of hydrogen-bond acceptors (Lipinski definition) is 3. The Bertz CT molecular complexity index is 1350. The molecule has 0 bridgehead atoms. The van der Waals surface area contributed by atoms with E-state index in [4.69, 9.17) is 4.74 Å². The lowest BCUT2D eigenvalue weighted by Crippen LogP contribution is -2.52. The molecule has 0 radical (unpaired) electrons. The highest BCUT2D eigenvalue weighted by Gasteiger charge is 2.30. The first-order valence-electron chi connectivity index (χ1n) is 12.9. The molecular formula is C32H33BrN2O3. The molecule has 6 heteroatoms. The second-order valence-electron chi connectivity index (χ2n) is 9.76. The van der Waals surface area contributed by atoms with Crippen LogP contribution in [0, 0.1) is 5.92 Å². The molecule has 0 aliphatic heterocycles. The Hall–Kier alpha value is -3.64. The average molecular weight is 574 g/mol. The predicted molar refractivity (Wildman–Crippen MR) is 156 cm³/mol. The lowest BCUT2D eigenvalue weighted by atomic mass is 10.0. The van der Waals surface area contributed by atoms with E-state index in [2.05, 4.69) is 35.1 Å². The summed E-state index contributed by atoms with van der Waals surface area (Å²) < 4.78 is 7.02. The minimum Gasteiger partial charge on any atom is -0.483 e. The normalized spacial score (nSPS) is 11.8. The molecule has 1 N–H and O–H groups in total. The van der Waals surface area contributed by atoms with Gasteiger partial charge in [0.2, 0.25) is 5.91 Å². The van der Waals surface area contributed by atoms with Crippen LogP contribution >= 0.6 is 15.9 Å². The maximum Gasteiger partial charge on any atom is 0.261 e. The van der Waals surface area contributed by atoms with Gasteiger partial charge in [0.05, 0.1) is 0 Å². The molecule has 4 aromatic rings. The second kappa shape index (κ2) is 13.2. The van der Waals surface area contributed by atoms with E-state index < -0.39 is 6.04 Å². The van der Waals surface area contributed by atoms with Crippen molar-refractivity contribution in [1.82, 2.24) is 10.2 Å². The molecule has 1 atom stereocenters. The number of fused-ring (bicyclic) bond motifs is 1. The minimum absolute atomic E-state index is 0.168. The van der Waals surface area contributed by atoms with Crippen LogP contribution in [0.1, 0.15) is 25.0 Å². The highest BCUT2D eigenvalue weighted by Crippen LogP contribution is 2.25. The van der Waals surface area contributed by atoms with Gasteiger partial charge in [0.25, 0.3) is 5.91 Å². The monoisotopic (exact) mass is 572 g/mol. The first kappa shape index (κ1) is 27.4. The van der Waals surface area contributed by atoms with Gasteiger partial charge < -0.3 is 15.0 Å². The van der Waals surface area contributed by atoms with Crippen molar-refractivity contribution in [3.63, 3.8) is 0 Å². The fraction of sp³-hybridized carbons (Fsp3) is 0.250. The Balaban J connectivity index is 1.63. The van der Waals surface area contributed by atoms with E-state index in [1.165, 1.54) is 0 Å². The standard InChI is InChI=1S/C32H33BrN2O3/c1-23(2)20-34-32(37)29(19-24-9-4-3-5-10-24)35(21-25-15-17-27(33)18-16-25)31(36)22-38-30-14-8-12-26-11-6-7-13-28(26)30/h3-18,23,29H,19-22H2,1-2H3,(H,34,37). The smallest absolute Gasteiger partial charge is 0.261 e. The van der Waals surface area contributed by atoms with E-state index in [-0.39, 0.29) is 25.0 Å². The lowest BCUT2D eigenvalue weighted by Gasteiger charge is -2.31. The van der Waals surface area contributed by atoms with Gasteiger partial charge in [-0.2, -0.15) is 0 Å². The van der Waals surface area contributed by atoms with Gasteiger partial charge in [-0.25, -0.2) is 0 Å². The Labute approximate surface area is 232 Å². The van der Waals surface area contributed by atoms with Crippen molar-refractivity contribution in [3.8, 4) is 5.75 Å². The molecule has 4 aromatic carbocycles. The molecule has 0 aliphatic rings. The van der Waals surface area contributed by atoms with Crippen LogP contribution in [0.4, 0.5) is 0 Å². The number of amides is 2. The second-order valence-corrected chi connectivity index (χ2v) is 10.7. The maximum absolute atomic E-state index is 13.8. The largest absolute Gasteiger partial charge is 0.483 e. The minimum atomic E-state index is -0.691. The molecule has 1 unspecified atom stereocenters. The summed E-state index contributed by atoms with van der Waals surface area (Å²) in [5.41, 5.74) is 1.92. The van der Waals surface area contributed by atoms with Crippen molar-refractivity contribution < 1.29 is 14.3 Å². The third-order valence-corrected chi connectivity index (χ3v) is 6.85. The van der Waals surface area contributed by atoms with Crippen LogP contribution in [0.3, 0.4) is 0 Å². The predicted octanol–water partition coefficient (Wildman–Crippen LogP) is 6.39. The zero-order valence-corrected chi connectivity index (χ0v) is 23.4. The summed E-state index contributed by atoms with van der Waals surface area (Å²) in [4.78, 5) is 29.0. The zero-order valence-electron chi connectivity index (χ0n) is 21.8. The number of carbonyl (C=O) groups is 2. The molecule has 0 aromatic heterocycles. The summed E-state index contributed by atoms with van der Waals surface area (Å²) >= 11 is 3.48. The van der Waals surface area contributed by atoms with Gasteiger partial charge in [0.15, 0.2) is 6.61 Å². The number of carbonyl (C=O) groups excluding carboxylic acids is 2. The Morgan fingerprint density at radius 3 is 2.26 bits per heavy atom. The van der Waals surface area contributed by atoms with Crippen LogP contribution in [0.2, 0.25) is 0 Å². The van der Waals surface area contributed by atoms with Gasteiger partial charge in [0.1, 0.15) is 11.8 Å². The molecule has 0 saturated heterocycles. The summed E-state index contributed by atoms with van der Waals surface area (Å²) in [6, 6.07) is 30.6. The number of benzene rings is 4. The number of rotatable bonds is 11. The van der Waals surface area contributed by atoms with Gasteiger partial charge in [-0.3, -0.25) is 9.59 Å². The third kappa shape index (κ3) is 7.45. The van der Waals surface area contributed by atoms with E-state index in [0.29, 0.717) is 24.6 Å². The molecule has 0 saturated carbocycles. The van der Waals surface area contributed by atoms with E-state index in [9.17, 15) is 9.59 Å². The van der Waals surface area contributed by atoms with Gasteiger partial charge >= 0.3 is 0 Å². The Morgan fingerprint density at radius 1 is 0.842 bits per heavy atom. The highest BCUT2D eigenvalue weighted by molar-refractivity contribution is 9.10. The van der Waals surface area contributed by atoms with Crippen LogP contribution < -0.4 is 10.1 Å². The van der Waals surface area contributed by atoms with Gasteiger partial charge in [-0.05, 0) is 40.6 Å². The van der Waals surface area contributed by atoms with Crippen molar-refractivity contribution in [2.45, 2.75) is 32.9 Å². The Kier molecular flexibility index (Phi) is 9.55. The molecule has 38 heavy (non-hydrogen) atoms. The molecule has 2 amide bonds. The number of nitrogens with one attached hydrogen (secondary N) is 1.